The number of carbonyl (C=O) groups is 1. The Balaban J connectivity index is 2.24. The number of rotatable bonds is 2. The van der Waals surface area contributed by atoms with Crippen molar-refractivity contribution in [3.63, 3.8) is 0 Å². The Bertz CT molecular complexity index is 395. The zero-order valence-electron chi connectivity index (χ0n) is 7.50. The molecule has 1 amide bonds. The minimum Gasteiger partial charge on any atom is -0.482 e. The van der Waals surface area contributed by atoms with E-state index in [1.807, 2.05) is 0 Å². The second-order valence-electron chi connectivity index (χ2n) is 2.87. The Kier molecular flexibility index (Phi) is 2.40. The third kappa shape index (κ3) is 2.15. The largest absolute Gasteiger partial charge is 0.482 e. The molecule has 0 atom stereocenters. The molecule has 1 aromatic carbocycles. The van der Waals surface area contributed by atoms with Crippen LogP contribution in [0.5, 0.6) is 11.5 Å². The average molecular weight is 215 g/mol. The Labute approximate surface area is 83.8 Å². The zero-order valence-corrected chi connectivity index (χ0v) is 7.50. The highest BCUT2D eigenvalue weighted by Crippen LogP contribution is 2.31. The number of hydrogen-bond acceptors (Lipinski definition) is 3. The molecule has 1 heterocycles. The van der Waals surface area contributed by atoms with Gasteiger partial charge in [0.25, 0.3) is 5.91 Å². The zero-order chi connectivity index (χ0) is 10.8. The lowest BCUT2D eigenvalue weighted by atomic mass is 10.2. The molecule has 0 bridgehead atoms. The second kappa shape index (κ2) is 3.72. The highest BCUT2D eigenvalue weighted by Gasteiger charge is 2.17. The summed E-state index contributed by atoms with van der Waals surface area (Å²) in [6.45, 7) is -2.95. The second-order valence-corrected chi connectivity index (χ2v) is 2.87. The van der Waals surface area contributed by atoms with Gasteiger partial charge in [0, 0.05) is 6.07 Å². The third-order valence-corrected chi connectivity index (χ3v) is 1.81. The van der Waals surface area contributed by atoms with Gasteiger partial charge in [0.15, 0.2) is 6.61 Å². The molecule has 0 aromatic heterocycles. The summed E-state index contributed by atoms with van der Waals surface area (Å²) in [5, 5.41) is 2.48. The summed E-state index contributed by atoms with van der Waals surface area (Å²) in [5.41, 5.74) is 0.337. The molecule has 6 heteroatoms. The maximum Gasteiger partial charge on any atom is 0.387 e. The van der Waals surface area contributed by atoms with E-state index in [9.17, 15) is 13.6 Å². The van der Waals surface area contributed by atoms with Crippen LogP contribution in [0.25, 0.3) is 0 Å². The SMILES string of the molecule is O=C1COc2ccc(OC(F)F)cc2N1. The van der Waals surface area contributed by atoms with Crippen molar-refractivity contribution in [2.45, 2.75) is 6.61 Å². The summed E-state index contributed by atoms with van der Waals surface area (Å²) in [6, 6.07) is 4.10. The predicted octanol–water partition coefficient (Wildman–Crippen LogP) is 1.62. The first-order valence-electron chi connectivity index (χ1n) is 4.16. The van der Waals surface area contributed by atoms with Crippen LogP contribution in [0.4, 0.5) is 14.5 Å². The number of hydrogen-bond donors (Lipinski definition) is 1. The summed E-state index contributed by atoms with van der Waals surface area (Å²) in [7, 11) is 0. The number of ether oxygens (including phenoxy) is 2. The number of benzene rings is 1. The number of nitrogens with one attached hydrogen (secondary N) is 1. The van der Waals surface area contributed by atoms with Gasteiger partial charge in [-0.05, 0) is 12.1 Å². The maximum atomic E-state index is 11.9. The molecule has 0 saturated carbocycles. The van der Waals surface area contributed by atoms with Crippen LogP contribution in [-0.4, -0.2) is 19.1 Å². The number of anilines is 1. The first-order chi connectivity index (χ1) is 7.15. The molecule has 15 heavy (non-hydrogen) atoms. The minimum absolute atomic E-state index is 0.0189. The molecule has 0 radical (unpaired) electrons. The van der Waals surface area contributed by atoms with Crippen LogP contribution >= 0.6 is 0 Å². The summed E-state index contributed by atoms with van der Waals surface area (Å²) in [6.07, 6.45) is 0. The Morgan fingerprint density at radius 1 is 1.47 bits per heavy atom. The van der Waals surface area contributed by atoms with E-state index in [0.29, 0.717) is 11.4 Å². The van der Waals surface area contributed by atoms with Crippen LogP contribution in [0.1, 0.15) is 0 Å². The van der Waals surface area contributed by atoms with E-state index >= 15 is 0 Å². The number of fused-ring (bicyclic) bond motifs is 1. The van der Waals surface area contributed by atoms with Gasteiger partial charge in [-0.2, -0.15) is 8.78 Å². The van der Waals surface area contributed by atoms with E-state index in [1.54, 1.807) is 0 Å². The van der Waals surface area contributed by atoms with Gasteiger partial charge in [-0.3, -0.25) is 4.79 Å². The molecule has 1 aliphatic rings. The Morgan fingerprint density at radius 3 is 3.00 bits per heavy atom. The van der Waals surface area contributed by atoms with Gasteiger partial charge in [-0.15, -0.1) is 0 Å². The first kappa shape index (κ1) is 9.70. The highest BCUT2D eigenvalue weighted by atomic mass is 19.3. The van der Waals surface area contributed by atoms with Gasteiger partial charge in [-0.1, -0.05) is 0 Å². The standard InChI is InChI=1S/C9H7F2NO3/c10-9(11)15-5-1-2-7-6(3-5)12-8(13)4-14-7/h1-3,9H,4H2,(H,12,13). The topological polar surface area (TPSA) is 47.6 Å². The Morgan fingerprint density at radius 2 is 2.27 bits per heavy atom. The van der Waals surface area contributed by atoms with Gasteiger partial charge in [0.05, 0.1) is 5.69 Å². The van der Waals surface area contributed by atoms with Crippen molar-refractivity contribution >= 4 is 11.6 Å². The quantitative estimate of drug-likeness (QED) is 0.815. The fourth-order valence-electron chi connectivity index (χ4n) is 1.24. The summed E-state index contributed by atoms with van der Waals surface area (Å²) < 4.78 is 33.0. The number of alkyl halides is 2. The van der Waals surface area contributed by atoms with E-state index in [2.05, 4.69) is 10.1 Å². The van der Waals surface area contributed by atoms with Crippen molar-refractivity contribution in [1.82, 2.24) is 0 Å². The predicted molar refractivity (Wildman–Crippen MR) is 47.2 cm³/mol. The molecule has 1 N–H and O–H groups in total. The minimum atomic E-state index is -2.89. The lowest BCUT2D eigenvalue weighted by Crippen LogP contribution is -2.25. The maximum absolute atomic E-state index is 11.9. The van der Waals surface area contributed by atoms with Crippen LogP contribution < -0.4 is 14.8 Å². The van der Waals surface area contributed by atoms with Gasteiger partial charge >= 0.3 is 6.61 Å². The summed E-state index contributed by atoms with van der Waals surface area (Å²) in [5.74, 6) is 0.0995. The lowest BCUT2D eigenvalue weighted by Gasteiger charge is -2.18. The van der Waals surface area contributed by atoms with Crippen molar-refractivity contribution in [1.29, 1.82) is 0 Å². The summed E-state index contributed by atoms with van der Waals surface area (Å²) in [4.78, 5) is 10.9. The van der Waals surface area contributed by atoms with E-state index < -0.39 is 6.61 Å². The number of amides is 1. The summed E-state index contributed by atoms with van der Waals surface area (Å²) >= 11 is 0. The molecule has 0 unspecified atom stereocenters. The lowest BCUT2D eigenvalue weighted by molar-refractivity contribution is -0.118. The molecule has 2 rings (SSSR count). The van der Waals surface area contributed by atoms with Crippen molar-refractivity contribution in [2.24, 2.45) is 0 Å². The monoisotopic (exact) mass is 215 g/mol. The molecule has 1 aliphatic heterocycles. The van der Waals surface area contributed by atoms with E-state index in [-0.39, 0.29) is 18.3 Å². The molecule has 80 valence electrons. The smallest absolute Gasteiger partial charge is 0.387 e. The van der Waals surface area contributed by atoms with E-state index in [1.165, 1.54) is 18.2 Å². The molecule has 0 aliphatic carbocycles. The van der Waals surface area contributed by atoms with Gasteiger partial charge in [-0.25, -0.2) is 0 Å². The fraction of sp³-hybridized carbons (Fsp3) is 0.222. The fourth-order valence-corrected chi connectivity index (χ4v) is 1.24. The molecular formula is C9H7F2NO3. The Hall–Kier alpha value is -1.85. The van der Waals surface area contributed by atoms with Crippen molar-refractivity contribution in [2.75, 3.05) is 11.9 Å². The van der Waals surface area contributed by atoms with Gasteiger partial charge in [0.2, 0.25) is 0 Å². The van der Waals surface area contributed by atoms with Crippen molar-refractivity contribution in [3.8, 4) is 11.5 Å². The molecule has 1 aromatic rings. The van der Waals surface area contributed by atoms with Crippen LogP contribution in [0.15, 0.2) is 18.2 Å². The normalized spacial score (nSPS) is 14.2. The van der Waals surface area contributed by atoms with Gasteiger partial charge in [0.1, 0.15) is 11.5 Å². The molecule has 0 spiro atoms. The van der Waals surface area contributed by atoms with E-state index in [4.69, 9.17) is 4.74 Å². The van der Waals surface area contributed by atoms with Crippen molar-refractivity contribution < 1.29 is 23.0 Å². The first-order valence-corrected chi connectivity index (χ1v) is 4.16. The van der Waals surface area contributed by atoms with E-state index in [0.717, 1.165) is 0 Å². The van der Waals surface area contributed by atoms with Crippen LogP contribution in [0.2, 0.25) is 0 Å². The molecular weight excluding hydrogens is 208 g/mol. The van der Waals surface area contributed by atoms with Gasteiger partial charge < -0.3 is 14.8 Å². The molecule has 0 fully saturated rings. The average Bonchev–Trinajstić information content (AvgIpc) is 2.16. The van der Waals surface area contributed by atoms with Crippen LogP contribution in [-0.2, 0) is 4.79 Å². The highest BCUT2D eigenvalue weighted by molar-refractivity contribution is 5.95. The van der Waals surface area contributed by atoms with Crippen LogP contribution in [0, 0.1) is 0 Å². The number of halogens is 2. The van der Waals surface area contributed by atoms with Crippen LogP contribution in [0.3, 0.4) is 0 Å². The number of carbonyl (C=O) groups excluding carboxylic acids is 1. The molecule has 4 nitrogen and oxygen atoms in total. The molecule has 0 saturated heterocycles. The van der Waals surface area contributed by atoms with Crippen molar-refractivity contribution in [3.05, 3.63) is 18.2 Å². The third-order valence-electron chi connectivity index (χ3n) is 1.81.